The number of allylic oxidation sites excluding steroid dienone is 2. The van der Waals surface area contributed by atoms with Crippen LogP contribution in [0.2, 0.25) is 0 Å². The highest BCUT2D eigenvalue weighted by atomic mass is 16.3. The molecule has 1 heteroatoms. The van der Waals surface area contributed by atoms with Gasteiger partial charge in [-0.2, -0.15) is 0 Å². The molecule has 0 spiro atoms. The fourth-order valence-corrected chi connectivity index (χ4v) is 1.07. The van der Waals surface area contributed by atoms with E-state index in [0.29, 0.717) is 0 Å². The van der Waals surface area contributed by atoms with Crippen LogP contribution in [0.3, 0.4) is 0 Å². The largest absolute Gasteiger partial charge is 0.385 e. The lowest BCUT2D eigenvalue weighted by Gasteiger charge is -2.27. The standard InChI is InChI=1S/C9H14O/c1-7-4-5-9(3,10)8(2)6-7/h4-6,8,10H,1-3H3. The molecule has 0 aromatic carbocycles. The highest BCUT2D eigenvalue weighted by Crippen LogP contribution is 2.25. The van der Waals surface area contributed by atoms with Gasteiger partial charge in [0.25, 0.3) is 0 Å². The summed E-state index contributed by atoms with van der Waals surface area (Å²) in [5.41, 5.74) is 0.596. The summed E-state index contributed by atoms with van der Waals surface area (Å²) in [5, 5.41) is 9.63. The van der Waals surface area contributed by atoms with Crippen LogP contribution < -0.4 is 0 Å². The Morgan fingerprint density at radius 1 is 1.60 bits per heavy atom. The second-order valence-electron chi connectivity index (χ2n) is 3.26. The summed E-state index contributed by atoms with van der Waals surface area (Å²) >= 11 is 0. The molecule has 56 valence electrons. The summed E-state index contributed by atoms with van der Waals surface area (Å²) in [4.78, 5) is 0. The van der Waals surface area contributed by atoms with Crippen LogP contribution in [0.5, 0.6) is 0 Å². The van der Waals surface area contributed by atoms with Crippen LogP contribution in [0.1, 0.15) is 20.8 Å². The van der Waals surface area contributed by atoms with Crippen LogP contribution in [0.4, 0.5) is 0 Å². The Balaban J connectivity index is 2.84. The van der Waals surface area contributed by atoms with Gasteiger partial charge in [-0.05, 0) is 13.8 Å². The fraction of sp³-hybridized carbons (Fsp3) is 0.556. The van der Waals surface area contributed by atoms with Gasteiger partial charge >= 0.3 is 0 Å². The molecule has 0 fully saturated rings. The zero-order chi connectivity index (χ0) is 7.78. The topological polar surface area (TPSA) is 20.2 Å². The maximum absolute atomic E-state index is 9.63. The van der Waals surface area contributed by atoms with Crippen LogP contribution in [-0.2, 0) is 0 Å². The van der Waals surface area contributed by atoms with Gasteiger partial charge in [-0.3, -0.25) is 0 Å². The lowest BCUT2D eigenvalue weighted by atomic mass is 9.85. The Morgan fingerprint density at radius 2 is 2.20 bits per heavy atom. The van der Waals surface area contributed by atoms with Crippen molar-refractivity contribution >= 4 is 0 Å². The van der Waals surface area contributed by atoms with Gasteiger partial charge in [0.1, 0.15) is 0 Å². The van der Waals surface area contributed by atoms with E-state index >= 15 is 0 Å². The van der Waals surface area contributed by atoms with Crippen LogP contribution in [0, 0.1) is 5.92 Å². The number of rotatable bonds is 0. The van der Waals surface area contributed by atoms with Crippen molar-refractivity contribution < 1.29 is 5.11 Å². The van der Waals surface area contributed by atoms with Crippen molar-refractivity contribution in [2.75, 3.05) is 0 Å². The number of aliphatic hydroxyl groups is 1. The van der Waals surface area contributed by atoms with E-state index in [4.69, 9.17) is 0 Å². The Morgan fingerprint density at radius 3 is 2.60 bits per heavy atom. The first-order valence-corrected chi connectivity index (χ1v) is 3.62. The quantitative estimate of drug-likeness (QED) is 0.542. The van der Waals surface area contributed by atoms with Crippen molar-refractivity contribution in [2.45, 2.75) is 26.4 Å². The molecule has 10 heavy (non-hydrogen) atoms. The average Bonchev–Trinajstić information content (AvgIpc) is 1.81. The number of hydrogen-bond donors (Lipinski definition) is 1. The monoisotopic (exact) mass is 138 g/mol. The Hall–Kier alpha value is -0.560. The molecule has 0 saturated heterocycles. The van der Waals surface area contributed by atoms with Crippen molar-refractivity contribution in [2.24, 2.45) is 5.92 Å². The minimum absolute atomic E-state index is 0.234. The minimum Gasteiger partial charge on any atom is -0.385 e. The molecule has 0 radical (unpaired) electrons. The molecule has 0 aliphatic heterocycles. The van der Waals surface area contributed by atoms with Gasteiger partial charge in [0.05, 0.1) is 5.60 Å². The molecule has 1 rings (SSSR count). The van der Waals surface area contributed by atoms with Gasteiger partial charge < -0.3 is 5.11 Å². The zero-order valence-corrected chi connectivity index (χ0v) is 6.76. The highest BCUT2D eigenvalue weighted by Gasteiger charge is 2.25. The summed E-state index contributed by atoms with van der Waals surface area (Å²) in [7, 11) is 0. The van der Waals surface area contributed by atoms with Gasteiger partial charge in [0, 0.05) is 5.92 Å². The molecule has 0 aromatic heterocycles. The fourth-order valence-electron chi connectivity index (χ4n) is 1.07. The molecule has 0 aromatic rings. The van der Waals surface area contributed by atoms with E-state index in [2.05, 4.69) is 6.08 Å². The first-order chi connectivity index (χ1) is 4.52. The van der Waals surface area contributed by atoms with E-state index in [1.807, 2.05) is 32.9 Å². The third-order valence-corrected chi connectivity index (χ3v) is 2.12. The molecule has 2 atom stereocenters. The van der Waals surface area contributed by atoms with Gasteiger partial charge in [0.2, 0.25) is 0 Å². The van der Waals surface area contributed by atoms with Crippen LogP contribution in [0.15, 0.2) is 23.8 Å². The molecule has 1 aliphatic carbocycles. The van der Waals surface area contributed by atoms with E-state index in [1.54, 1.807) is 0 Å². The summed E-state index contributed by atoms with van der Waals surface area (Å²) in [6.45, 7) is 5.90. The predicted octanol–water partition coefficient (Wildman–Crippen LogP) is 1.89. The first-order valence-electron chi connectivity index (χ1n) is 3.62. The summed E-state index contributed by atoms with van der Waals surface area (Å²) < 4.78 is 0. The van der Waals surface area contributed by atoms with Gasteiger partial charge in [-0.15, -0.1) is 0 Å². The van der Waals surface area contributed by atoms with Gasteiger partial charge in [-0.25, -0.2) is 0 Å². The molecule has 0 bridgehead atoms. The molecular formula is C9H14O. The molecule has 1 N–H and O–H groups in total. The molecule has 2 unspecified atom stereocenters. The minimum atomic E-state index is -0.639. The maximum Gasteiger partial charge on any atom is 0.0862 e. The Bertz CT molecular complexity index is 187. The highest BCUT2D eigenvalue weighted by molar-refractivity contribution is 5.27. The summed E-state index contributed by atoms with van der Waals surface area (Å²) in [6, 6.07) is 0. The second kappa shape index (κ2) is 2.24. The first kappa shape index (κ1) is 7.55. The lowest BCUT2D eigenvalue weighted by Crippen LogP contribution is -2.30. The smallest absolute Gasteiger partial charge is 0.0862 e. The third-order valence-electron chi connectivity index (χ3n) is 2.12. The SMILES string of the molecule is CC1=CC(C)C(C)(O)C=C1. The van der Waals surface area contributed by atoms with Gasteiger partial charge in [0.15, 0.2) is 0 Å². The Labute approximate surface area is 62.1 Å². The van der Waals surface area contributed by atoms with Crippen LogP contribution >= 0.6 is 0 Å². The van der Waals surface area contributed by atoms with E-state index in [1.165, 1.54) is 5.57 Å². The van der Waals surface area contributed by atoms with Crippen molar-refractivity contribution in [3.05, 3.63) is 23.8 Å². The molecule has 1 nitrogen and oxygen atoms in total. The summed E-state index contributed by atoms with van der Waals surface area (Å²) in [6.07, 6.45) is 5.90. The molecule has 0 amide bonds. The van der Waals surface area contributed by atoms with Crippen molar-refractivity contribution in [3.63, 3.8) is 0 Å². The maximum atomic E-state index is 9.63. The van der Waals surface area contributed by atoms with E-state index in [0.717, 1.165) is 0 Å². The zero-order valence-electron chi connectivity index (χ0n) is 6.76. The molecular weight excluding hydrogens is 124 g/mol. The molecule has 1 aliphatic rings. The van der Waals surface area contributed by atoms with Crippen LogP contribution in [0.25, 0.3) is 0 Å². The summed E-state index contributed by atoms with van der Waals surface area (Å²) in [5.74, 6) is 0.234. The van der Waals surface area contributed by atoms with E-state index < -0.39 is 5.60 Å². The van der Waals surface area contributed by atoms with E-state index in [-0.39, 0.29) is 5.92 Å². The van der Waals surface area contributed by atoms with Crippen molar-refractivity contribution in [1.82, 2.24) is 0 Å². The van der Waals surface area contributed by atoms with Crippen molar-refractivity contribution in [3.8, 4) is 0 Å². The van der Waals surface area contributed by atoms with Crippen LogP contribution in [-0.4, -0.2) is 10.7 Å². The molecule has 0 heterocycles. The number of hydrogen-bond acceptors (Lipinski definition) is 1. The average molecular weight is 138 g/mol. The Kier molecular flexibility index (Phi) is 1.69. The predicted molar refractivity (Wildman–Crippen MR) is 42.7 cm³/mol. The molecule has 0 saturated carbocycles. The van der Waals surface area contributed by atoms with Gasteiger partial charge in [-0.1, -0.05) is 30.7 Å². The third kappa shape index (κ3) is 1.29. The normalized spacial score (nSPS) is 39.6. The second-order valence-corrected chi connectivity index (χ2v) is 3.26. The van der Waals surface area contributed by atoms with E-state index in [9.17, 15) is 5.11 Å². The van der Waals surface area contributed by atoms with Crippen molar-refractivity contribution in [1.29, 1.82) is 0 Å². The lowest BCUT2D eigenvalue weighted by molar-refractivity contribution is 0.0724.